The standard InChI is InChI=1S/C18H18FNO3/c1-2-16(13-7-4-3-5-8-13)18(22)23-12-17(21)20-15-10-6-9-14(19)11-15/h3-11,16H,2,12H2,1H3,(H,20,21)/t16-/m1/s1. The maximum absolute atomic E-state index is 13.0. The Morgan fingerprint density at radius 2 is 1.87 bits per heavy atom. The third-order valence-corrected chi connectivity index (χ3v) is 3.35. The molecule has 0 fully saturated rings. The van der Waals surface area contributed by atoms with Crippen LogP contribution in [0.2, 0.25) is 0 Å². The predicted octanol–water partition coefficient (Wildman–Crippen LogP) is 3.50. The Balaban J connectivity index is 1.89. The van der Waals surface area contributed by atoms with E-state index in [1.807, 2.05) is 37.3 Å². The quantitative estimate of drug-likeness (QED) is 0.830. The molecule has 0 unspecified atom stereocenters. The van der Waals surface area contributed by atoms with Crippen LogP contribution in [-0.2, 0) is 14.3 Å². The van der Waals surface area contributed by atoms with Crippen molar-refractivity contribution in [2.45, 2.75) is 19.3 Å². The van der Waals surface area contributed by atoms with Crippen molar-refractivity contribution in [1.82, 2.24) is 0 Å². The van der Waals surface area contributed by atoms with Crippen LogP contribution in [0.3, 0.4) is 0 Å². The number of benzene rings is 2. The average Bonchev–Trinajstić information content (AvgIpc) is 2.55. The average molecular weight is 315 g/mol. The first kappa shape index (κ1) is 16.7. The fourth-order valence-corrected chi connectivity index (χ4v) is 2.22. The lowest BCUT2D eigenvalue weighted by Crippen LogP contribution is -2.23. The minimum atomic E-state index is -0.508. The van der Waals surface area contributed by atoms with E-state index in [-0.39, 0.29) is 0 Å². The molecular weight excluding hydrogens is 297 g/mol. The largest absolute Gasteiger partial charge is 0.455 e. The molecule has 0 saturated heterocycles. The van der Waals surface area contributed by atoms with E-state index in [0.29, 0.717) is 12.1 Å². The van der Waals surface area contributed by atoms with E-state index in [4.69, 9.17) is 4.74 Å². The number of carbonyl (C=O) groups is 2. The van der Waals surface area contributed by atoms with Gasteiger partial charge in [0.15, 0.2) is 6.61 Å². The van der Waals surface area contributed by atoms with Gasteiger partial charge >= 0.3 is 5.97 Å². The second-order valence-electron chi connectivity index (χ2n) is 5.04. The Morgan fingerprint density at radius 1 is 1.13 bits per heavy atom. The van der Waals surface area contributed by atoms with Crippen LogP contribution >= 0.6 is 0 Å². The molecule has 0 aliphatic rings. The van der Waals surface area contributed by atoms with Crippen LogP contribution < -0.4 is 5.32 Å². The second-order valence-corrected chi connectivity index (χ2v) is 5.04. The Hall–Kier alpha value is -2.69. The fourth-order valence-electron chi connectivity index (χ4n) is 2.22. The Kier molecular flexibility index (Phi) is 5.86. The molecule has 0 aliphatic carbocycles. The van der Waals surface area contributed by atoms with Crippen molar-refractivity contribution in [1.29, 1.82) is 0 Å². The zero-order valence-corrected chi connectivity index (χ0v) is 12.8. The Labute approximate surface area is 134 Å². The van der Waals surface area contributed by atoms with Crippen molar-refractivity contribution in [3.63, 3.8) is 0 Å². The highest BCUT2D eigenvalue weighted by Crippen LogP contribution is 2.20. The molecule has 120 valence electrons. The summed E-state index contributed by atoms with van der Waals surface area (Å²) >= 11 is 0. The van der Waals surface area contributed by atoms with Gasteiger partial charge in [0.1, 0.15) is 5.82 Å². The van der Waals surface area contributed by atoms with Crippen molar-refractivity contribution >= 4 is 17.6 Å². The molecule has 23 heavy (non-hydrogen) atoms. The number of esters is 1. The highest BCUT2D eigenvalue weighted by molar-refractivity contribution is 5.93. The van der Waals surface area contributed by atoms with E-state index in [1.54, 1.807) is 6.07 Å². The minimum Gasteiger partial charge on any atom is -0.455 e. The summed E-state index contributed by atoms with van der Waals surface area (Å²) in [5, 5.41) is 2.48. The van der Waals surface area contributed by atoms with E-state index in [2.05, 4.69) is 5.32 Å². The van der Waals surface area contributed by atoms with E-state index in [1.165, 1.54) is 18.2 Å². The Morgan fingerprint density at radius 3 is 2.52 bits per heavy atom. The molecule has 0 aliphatic heterocycles. The zero-order valence-electron chi connectivity index (χ0n) is 12.8. The van der Waals surface area contributed by atoms with Crippen molar-refractivity contribution in [3.8, 4) is 0 Å². The van der Waals surface area contributed by atoms with Crippen LogP contribution in [0.5, 0.6) is 0 Å². The molecule has 0 radical (unpaired) electrons. The molecule has 0 bridgehead atoms. The molecule has 5 heteroatoms. The number of amides is 1. The molecule has 2 aromatic carbocycles. The second kappa shape index (κ2) is 8.08. The van der Waals surface area contributed by atoms with Gasteiger partial charge in [-0.1, -0.05) is 43.3 Å². The summed E-state index contributed by atoms with van der Waals surface area (Å²) in [6, 6.07) is 14.8. The number of carbonyl (C=O) groups excluding carboxylic acids is 2. The summed E-state index contributed by atoms with van der Waals surface area (Å²) in [5.41, 5.74) is 1.17. The van der Waals surface area contributed by atoms with E-state index < -0.39 is 30.2 Å². The number of anilines is 1. The van der Waals surface area contributed by atoms with Crippen LogP contribution in [0.15, 0.2) is 54.6 Å². The van der Waals surface area contributed by atoms with Gasteiger partial charge in [-0.2, -0.15) is 0 Å². The number of rotatable bonds is 6. The number of ether oxygens (including phenoxy) is 1. The molecule has 0 saturated carbocycles. The fraction of sp³-hybridized carbons (Fsp3) is 0.222. The molecule has 1 amide bonds. The van der Waals surface area contributed by atoms with Crippen molar-refractivity contribution in [3.05, 3.63) is 66.0 Å². The summed E-state index contributed by atoms with van der Waals surface area (Å²) < 4.78 is 18.1. The lowest BCUT2D eigenvalue weighted by molar-refractivity contribution is -0.149. The van der Waals surface area contributed by atoms with Gasteiger partial charge in [-0.25, -0.2) is 4.39 Å². The third-order valence-electron chi connectivity index (χ3n) is 3.35. The van der Waals surface area contributed by atoms with Crippen LogP contribution in [-0.4, -0.2) is 18.5 Å². The van der Waals surface area contributed by atoms with E-state index in [9.17, 15) is 14.0 Å². The van der Waals surface area contributed by atoms with Crippen LogP contribution in [0.1, 0.15) is 24.8 Å². The highest BCUT2D eigenvalue weighted by Gasteiger charge is 2.20. The lowest BCUT2D eigenvalue weighted by atomic mass is 9.97. The molecule has 0 aromatic heterocycles. The van der Waals surface area contributed by atoms with Gasteiger partial charge in [0, 0.05) is 5.69 Å². The van der Waals surface area contributed by atoms with Gasteiger partial charge in [0.25, 0.3) is 5.91 Å². The van der Waals surface area contributed by atoms with Gasteiger partial charge in [0.2, 0.25) is 0 Å². The van der Waals surface area contributed by atoms with Gasteiger partial charge in [-0.15, -0.1) is 0 Å². The number of hydrogen-bond donors (Lipinski definition) is 1. The van der Waals surface area contributed by atoms with Crippen LogP contribution in [0, 0.1) is 5.82 Å². The van der Waals surface area contributed by atoms with Gasteiger partial charge in [0.05, 0.1) is 5.92 Å². The monoisotopic (exact) mass is 315 g/mol. The first-order valence-corrected chi connectivity index (χ1v) is 7.37. The van der Waals surface area contributed by atoms with E-state index in [0.717, 1.165) is 5.56 Å². The zero-order chi connectivity index (χ0) is 16.7. The van der Waals surface area contributed by atoms with Gasteiger partial charge in [-0.05, 0) is 30.2 Å². The number of halogens is 1. The topological polar surface area (TPSA) is 55.4 Å². The maximum Gasteiger partial charge on any atom is 0.313 e. The number of nitrogens with one attached hydrogen (secondary N) is 1. The molecule has 0 heterocycles. The predicted molar refractivity (Wildman–Crippen MR) is 85.5 cm³/mol. The summed E-state index contributed by atoms with van der Waals surface area (Å²) in [5.74, 6) is -1.81. The molecule has 2 aromatic rings. The molecule has 1 N–H and O–H groups in total. The molecular formula is C18H18FNO3. The maximum atomic E-state index is 13.0. The normalized spacial score (nSPS) is 11.6. The smallest absolute Gasteiger partial charge is 0.313 e. The van der Waals surface area contributed by atoms with Gasteiger partial charge in [-0.3, -0.25) is 9.59 Å². The number of hydrogen-bond acceptors (Lipinski definition) is 3. The first-order chi connectivity index (χ1) is 11.1. The Bertz CT molecular complexity index is 673. The summed E-state index contributed by atoms with van der Waals surface area (Å²) in [6.07, 6.45) is 0.578. The van der Waals surface area contributed by atoms with Crippen LogP contribution in [0.25, 0.3) is 0 Å². The van der Waals surface area contributed by atoms with E-state index >= 15 is 0 Å². The summed E-state index contributed by atoms with van der Waals surface area (Å²) in [7, 11) is 0. The van der Waals surface area contributed by atoms with Gasteiger partial charge < -0.3 is 10.1 Å². The first-order valence-electron chi connectivity index (χ1n) is 7.37. The summed E-state index contributed by atoms with van der Waals surface area (Å²) in [4.78, 5) is 23.9. The minimum absolute atomic E-state index is 0.321. The molecule has 4 nitrogen and oxygen atoms in total. The summed E-state index contributed by atoms with van der Waals surface area (Å²) in [6.45, 7) is 1.48. The van der Waals surface area contributed by atoms with Crippen molar-refractivity contribution < 1.29 is 18.7 Å². The van der Waals surface area contributed by atoms with Crippen LogP contribution in [0.4, 0.5) is 10.1 Å². The third kappa shape index (κ3) is 4.92. The molecule has 1 atom stereocenters. The van der Waals surface area contributed by atoms with Crippen molar-refractivity contribution in [2.24, 2.45) is 0 Å². The van der Waals surface area contributed by atoms with Crippen molar-refractivity contribution in [2.75, 3.05) is 11.9 Å². The molecule has 2 rings (SSSR count). The SMILES string of the molecule is CC[C@@H](C(=O)OCC(=O)Nc1cccc(F)c1)c1ccccc1. The highest BCUT2D eigenvalue weighted by atomic mass is 19.1. The molecule has 0 spiro atoms. The lowest BCUT2D eigenvalue weighted by Gasteiger charge is -2.14.